The van der Waals surface area contributed by atoms with Gasteiger partial charge in [-0.3, -0.25) is 24.7 Å². The maximum absolute atomic E-state index is 13.3. The summed E-state index contributed by atoms with van der Waals surface area (Å²) in [6.45, 7) is 6.54. The van der Waals surface area contributed by atoms with E-state index in [-0.39, 0.29) is 11.6 Å². The molecule has 0 unspecified atom stereocenters. The van der Waals surface area contributed by atoms with E-state index >= 15 is 0 Å². The summed E-state index contributed by atoms with van der Waals surface area (Å²) in [6.07, 6.45) is 3.82. The van der Waals surface area contributed by atoms with Crippen LogP contribution in [0.2, 0.25) is 5.02 Å². The van der Waals surface area contributed by atoms with E-state index in [2.05, 4.69) is 4.90 Å². The van der Waals surface area contributed by atoms with E-state index in [4.69, 9.17) is 21.3 Å². The standard InChI is InChI=1S/C24H25ClN4O4S/c1-17-14-19(25)16-21-23(17)26-24(34-21)28(9-3-8-27-10-12-33-13-11-27)22(30)7-6-18-4-2-5-20(15-18)29(31)32/h2,4-7,14-16H,3,8-13H2,1H3/b7-6+. The first-order valence-electron chi connectivity index (χ1n) is 11.0. The molecule has 0 aliphatic carbocycles. The van der Waals surface area contributed by atoms with Crippen LogP contribution in [-0.4, -0.2) is 60.1 Å². The zero-order valence-electron chi connectivity index (χ0n) is 18.8. The number of amides is 1. The van der Waals surface area contributed by atoms with Gasteiger partial charge < -0.3 is 4.74 Å². The maximum Gasteiger partial charge on any atom is 0.270 e. The number of hydrogen-bond donors (Lipinski definition) is 0. The summed E-state index contributed by atoms with van der Waals surface area (Å²) in [7, 11) is 0. The monoisotopic (exact) mass is 500 g/mol. The lowest BCUT2D eigenvalue weighted by atomic mass is 10.2. The number of morpholine rings is 1. The van der Waals surface area contributed by atoms with E-state index in [9.17, 15) is 14.9 Å². The Morgan fingerprint density at radius 2 is 2.12 bits per heavy atom. The number of nitro benzene ring substituents is 1. The molecular formula is C24H25ClN4O4S. The van der Waals surface area contributed by atoms with Gasteiger partial charge in [0.05, 0.1) is 28.4 Å². The second kappa shape index (κ2) is 11.1. The number of carbonyl (C=O) groups is 1. The van der Waals surface area contributed by atoms with Crippen LogP contribution in [-0.2, 0) is 9.53 Å². The third-order valence-electron chi connectivity index (χ3n) is 5.60. The lowest BCUT2D eigenvalue weighted by Gasteiger charge is -2.27. The molecule has 0 spiro atoms. The van der Waals surface area contributed by atoms with Crippen molar-refractivity contribution in [3.05, 3.63) is 68.7 Å². The number of hydrogen-bond acceptors (Lipinski definition) is 7. The highest BCUT2D eigenvalue weighted by atomic mass is 35.5. The Balaban J connectivity index is 1.56. The molecule has 178 valence electrons. The maximum atomic E-state index is 13.3. The van der Waals surface area contributed by atoms with Crippen molar-refractivity contribution in [3.63, 3.8) is 0 Å². The van der Waals surface area contributed by atoms with E-state index in [1.807, 2.05) is 19.1 Å². The van der Waals surface area contributed by atoms with Crippen LogP contribution < -0.4 is 4.90 Å². The molecule has 10 heteroatoms. The van der Waals surface area contributed by atoms with Crippen molar-refractivity contribution in [3.8, 4) is 0 Å². The third-order valence-corrected chi connectivity index (χ3v) is 6.84. The summed E-state index contributed by atoms with van der Waals surface area (Å²) in [5, 5.41) is 12.3. The Morgan fingerprint density at radius 1 is 1.32 bits per heavy atom. The highest BCUT2D eigenvalue weighted by Crippen LogP contribution is 2.33. The molecule has 0 N–H and O–H groups in total. The fraction of sp³-hybridized carbons (Fsp3) is 0.333. The summed E-state index contributed by atoms with van der Waals surface area (Å²) < 4.78 is 6.33. The van der Waals surface area contributed by atoms with Crippen LogP contribution >= 0.6 is 22.9 Å². The molecule has 0 atom stereocenters. The number of nitrogens with zero attached hydrogens (tertiary/aromatic N) is 4. The molecule has 0 bridgehead atoms. The predicted molar refractivity (Wildman–Crippen MR) is 136 cm³/mol. The molecule has 1 aromatic heterocycles. The Bertz CT molecular complexity index is 1220. The van der Waals surface area contributed by atoms with E-state index in [0.717, 1.165) is 55.0 Å². The fourth-order valence-electron chi connectivity index (χ4n) is 3.83. The summed E-state index contributed by atoms with van der Waals surface area (Å²) >= 11 is 7.65. The number of thiazole rings is 1. The predicted octanol–water partition coefficient (Wildman–Crippen LogP) is 4.94. The van der Waals surface area contributed by atoms with Crippen molar-refractivity contribution in [1.82, 2.24) is 9.88 Å². The van der Waals surface area contributed by atoms with E-state index in [1.54, 1.807) is 23.1 Å². The van der Waals surface area contributed by atoms with Crippen molar-refractivity contribution in [1.29, 1.82) is 0 Å². The number of non-ortho nitro benzene ring substituents is 1. The lowest BCUT2D eigenvalue weighted by molar-refractivity contribution is -0.384. The molecule has 1 saturated heterocycles. The van der Waals surface area contributed by atoms with Crippen LogP contribution in [0.4, 0.5) is 10.8 Å². The number of halogens is 1. The first-order valence-corrected chi connectivity index (χ1v) is 12.2. The van der Waals surface area contributed by atoms with Gasteiger partial charge >= 0.3 is 0 Å². The van der Waals surface area contributed by atoms with Crippen LogP contribution in [0.5, 0.6) is 0 Å². The number of benzene rings is 2. The highest BCUT2D eigenvalue weighted by Gasteiger charge is 2.20. The Morgan fingerprint density at radius 3 is 2.88 bits per heavy atom. The molecular weight excluding hydrogens is 476 g/mol. The molecule has 1 fully saturated rings. The van der Waals surface area contributed by atoms with Gasteiger partial charge in [0, 0.05) is 49.4 Å². The summed E-state index contributed by atoms with van der Waals surface area (Å²) in [6, 6.07) is 9.91. The van der Waals surface area contributed by atoms with Gasteiger partial charge in [0.1, 0.15) is 0 Å². The topological polar surface area (TPSA) is 88.8 Å². The second-order valence-corrected chi connectivity index (χ2v) is 9.49. The normalized spacial score (nSPS) is 14.6. The number of aromatic nitrogens is 1. The van der Waals surface area contributed by atoms with Gasteiger partial charge in [0.15, 0.2) is 5.13 Å². The molecule has 1 aliphatic rings. The number of ether oxygens (including phenoxy) is 1. The van der Waals surface area contributed by atoms with Crippen molar-refractivity contribution in [2.45, 2.75) is 13.3 Å². The van der Waals surface area contributed by atoms with Gasteiger partial charge in [0.25, 0.3) is 11.6 Å². The summed E-state index contributed by atoms with van der Waals surface area (Å²) in [5.74, 6) is -0.226. The van der Waals surface area contributed by atoms with Gasteiger partial charge in [-0.25, -0.2) is 4.98 Å². The largest absolute Gasteiger partial charge is 0.379 e. The minimum Gasteiger partial charge on any atom is -0.379 e. The molecule has 0 radical (unpaired) electrons. The lowest BCUT2D eigenvalue weighted by Crippen LogP contribution is -2.39. The number of carbonyl (C=O) groups excluding carboxylic acids is 1. The molecule has 4 rings (SSSR count). The third kappa shape index (κ3) is 5.98. The quantitative estimate of drug-likeness (QED) is 0.247. The molecule has 2 aromatic carbocycles. The second-order valence-electron chi connectivity index (χ2n) is 8.05. The average Bonchev–Trinajstić information content (AvgIpc) is 3.25. The molecule has 1 aliphatic heterocycles. The van der Waals surface area contributed by atoms with Crippen LogP contribution in [0.25, 0.3) is 16.3 Å². The first-order chi connectivity index (χ1) is 16.4. The number of anilines is 1. The first kappa shape index (κ1) is 24.3. The average molecular weight is 501 g/mol. The van der Waals surface area contributed by atoms with E-state index in [1.165, 1.54) is 29.5 Å². The van der Waals surface area contributed by atoms with Crippen molar-refractivity contribution in [2.75, 3.05) is 44.3 Å². The smallest absolute Gasteiger partial charge is 0.270 e. The van der Waals surface area contributed by atoms with E-state index in [0.29, 0.717) is 22.3 Å². The zero-order valence-corrected chi connectivity index (χ0v) is 20.3. The Hall–Kier alpha value is -2.85. The number of fused-ring (bicyclic) bond motifs is 1. The molecule has 8 nitrogen and oxygen atoms in total. The van der Waals surface area contributed by atoms with Gasteiger partial charge in [-0.15, -0.1) is 0 Å². The van der Waals surface area contributed by atoms with Crippen molar-refractivity contribution in [2.24, 2.45) is 0 Å². The highest BCUT2D eigenvalue weighted by molar-refractivity contribution is 7.22. The molecule has 0 saturated carbocycles. The zero-order chi connectivity index (χ0) is 24.1. The summed E-state index contributed by atoms with van der Waals surface area (Å²) in [4.78, 5) is 32.6. The number of rotatable bonds is 8. The number of nitro groups is 1. The van der Waals surface area contributed by atoms with Gasteiger partial charge in [-0.05, 0) is 42.7 Å². The molecule has 3 aromatic rings. The van der Waals surface area contributed by atoms with E-state index < -0.39 is 4.92 Å². The SMILES string of the molecule is Cc1cc(Cl)cc2sc(N(CCCN3CCOCC3)C(=O)/C=C/c3cccc([N+](=O)[O-])c3)nc12. The van der Waals surface area contributed by atoms with Crippen LogP contribution in [0, 0.1) is 17.0 Å². The van der Waals surface area contributed by atoms with Crippen LogP contribution in [0.1, 0.15) is 17.5 Å². The minimum absolute atomic E-state index is 0.0181. The Labute approximate surface area is 206 Å². The van der Waals surface area contributed by atoms with Crippen LogP contribution in [0.3, 0.4) is 0 Å². The van der Waals surface area contributed by atoms with Crippen molar-refractivity contribution >= 4 is 56.0 Å². The van der Waals surface area contributed by atoms with Gasteiger partial charge in [-0.2, -0.15) is 0 Å². The molecule has 2 heterocycles. The fourth-order valence-corrected chi connectivity index (χ4v) is 5.29. The minimum atomic E-state index is -0.453. The molecule has 1 amide bonds. The summed E-state index contributed by atoms with van der Waals surface area (Å²) in [5.41, 5.74) is 2.36. The Kier molecular flexibility index (Phi) is 7.89. The van der Waals surface area contributed by atoms with Crippen molar-refractivity contribution < 1.29 is 14.5 Å². The number of aryl methyl sites for hydroxylation is 1. The van der Waals surface area contributed by atoms with Gasteiger partial charge in [-0.1, -0.05) is 35.1 Å². The van der Waals surface area contributed by atoms with Crippen LogP contribution in [0.15, 0.2) is 42.5 Å². The van der Waals surface area contributed by atoms with Gasteiger partial charge in [0.2, 0.25) is 0 Å². The molecule has 34 heavy (non-hydrogen) atoms.